The third-order valence-electron chi connectivity index (χ3n) is 2.91. The van der Waals surface area contributed by atoms with Crippen LogP contribution in [0.25, 0.3) is 10.9 Å². The van der Waals surface area contributed by atoms with Crippen LogP contribution in [0.15, 0.2) is 30.5 Å². The van der Waals surface area contributed by atoms with E-state index < -0.39 is 0 Å². The van der Waals surface area contributed by atoms with E-state index in [1.54, 1.807) is 0 Å². The minimum Gasteiger partial charge on any atom is -0.347 e. The molecule has 1 aromatic heterocycles. The number of aryl methyl sites for hydroxylation is 1. The van der Waals surface area contributed by atoms with E-state index in [2.05, 4.69) is 35.1 Å². The summed E-state index contributed by atoms with van der Waals surface area (Å²) in [4.78, 5) is 0. The summed E-state index contributed by atoms with van der Waals surface area (Å²) in [5.41, 5.74) is 1.88. The Bertz CT molecular complexity index is 534. The van der Waals surface area contributed by atoms with Gasteiger partial charge in [0.15, 0.2) is 0 Å². The van der Waals surface area contributed by atoms with Gasteiger partial charge in [0.05, 0.1) is 11.6 Å². The Morgan fingerprint density at radius 3 is 3.00 bits per heavy atom. The Balaban J connectivity index is 2.14. The standard InChI is InChI=1S/C14H17N3/c1-2-16-7-3-8-17-9-6-13-5-4-12(11-15)10-14(13)17/h4-6,9-10,16H,2-3,7-8H2,1H3. The maximum atomic E-state index is 8.90. The number of nitrogens with one attached hydrogen (secondary N) is 1. The molecule has 2 aromatic rings. The molecule has 0 aliphatic rings. The van der Waals surface area contributed by atoms with Gasteiger partial charge in [-0.2, -0.15) is 5.26 Å². The van der Waals surface area contributed by atoms with Crippen molar-refractivity contribution < 1.29 is 0 Å². The van der Waals surface area contributed by atoms with Gasteiger partial charge >= 0.3 is 0 Å². The SMILES string of the molecule is CCNCCCn1ccc2ccc(C#N)cc21. The Morgan fingerprint density at radius 1 is 1.35 bits per heavy atom. The first-order valence-corrected chi connectivity index (χ1v) is 6.05. The molecule has 0 bridgehead atoms. The molecule has 0 unspecified atom stereocenters. The minimum absolute atomic E-state index is 0.726. The molecular weight excluding hydrogens is 210 g/mol. The molecule has 0 amide bonds. The summed E-state index contributed by atoms with van der Waals surface area (Å²) in [6, 6.07) is 10.1. The maximum absolute atomic E-state index is 8.90. The molecule has 0 saturated carbocycles. The van der Waals surface area contributed by atoms with E-state index in [0.29, 0.717) is 0 Å². The number of hydrogen-bond acceptors (Lipinski definition) is 2. The van der Waals surface area contributed by atoms with Gasteiger partial charge in [-0.3, -0.25) is 0 Å². The van der Waals surface area contributed by atoms with Gasteiger partial charge in [-0.25, -0.2) is 0 Å². The van der Waals surface area contributed by atoms with Crippen molar-refractivity contribution in [3.05, 3.63) is 36.0 Å². The normalized spacial score (nSPS) is 10.6. The van der Waals surface area contributed by atoms with Crippen molar-refractivity contribution >= 4 is 10.9 Å². The zero-order chi connectivity index (χ0) is 12.1. The summed E-state index contributed by atoms with van der Waals surface area (Å²) in [6.45, 7) is 5.16. The second-order valence-electron chi connectivity index (χ2n) is 4.10. The molecule has 88 valence electrons. The highest BCUT2D eigenvalue weighted by Gasteiger charge is 2.01. The van der Waals surface area contributed by atoms with Crippen molar-refractivity contribution in [3.8, 4) is 6.07 Å². The third-order valence-corrected chi connectivity index (χ3v) is 2.91. The summed E-state index contributed by atoms with van der Waals surface area (Å²) >= 11 is 0. The molecule has 0 fully saturated rings. The van der Waals surface area contributed by atoms with Crippen LogP contribution in [0.4, 0.5) is 0 Å². The molecule has 1 aromatic carbocycles. The van der Waals surface area contributed by atoms with Crippen molar-refractivity contribution in [2.75, 3.05) is 13.1 Å². The van der Waals surface area contributed by atoms with Crippen LogP contribution in [0.1, 0.15) is 18.9 Å². The van der Waals surface area contributed by atoms with Crippen molar-refractivity contribution in [1.29, 1.82) is 5.26 Å². The van der Waals surface area contributed by atoms with Gasteiger partial charge in [0.25, 0.3) is 0 Å². The molecule has 17 heavy (non-hydrogen) atoms. The van der Waals surface area contributed by atoms with Crippen molar-refractivity contribution in [1.82, 2.24) is 9.88 Å². The Hall–Kier alpha value is -1.79. The lowest BCUT2D eigenvalue weighted by molar-refractivity contribution is 0.603. The van der Waals surface area contributed by atoms with E-state index in [-0.39, 0.29) is 0 Å². The molecule has 2 rings (SSSR count). The lowest BCUT2D eigenvalue weighted by atomic mass is 10.2. The van der Waals surface area contributed by atoms with Gasteiger partial charge in [-0.15, -0.1) is 0 Å². The van der Waals surface area contributed by atoms with Gasteiger partial charge in [0.2, 0.25) is 0 Å². The second kappa shape index (κ2) is 5.51. The lowest BCUT2D eigenvalue weighted by Crippen LogP contribution is -2.15. The molecular formula is C14H17N3. The fraction of sp³-hybridized carbons (Fsp3) is 0.357. The Morgan fingerprint density at radius 2 is 2.24 bits per heavy atom. The number of nitrogens with zero attached hydrogens (tertiary/aromatic N) is 2. The van der Waals surface area contributed by atoms with Crippen LogP contribution in [0, 0.1) is 11.3 Å². The lowest BCUT2D eigenvalue weighted by Gasteiger charge is -2.06. The number of aromatic nitrogens is 1. The Labute approximate surface area is 102 Å². The van der Waals surface area contributed by atoms with Crippen LogP contribution >= 0.6 is 0 Å². The molecule has 0 saturated heterocycles. The molecule has 3 nitrogen and oxygen atoms in total. The van der Waals surface area contributed by atoms with E-state index in [0.717, 1.165) is 37.1 Å². The highest BCUT2D eigenvalue weighted by atomic mass is 15.0. The predicted molar refractivity (Wildman–Crippen MR) is 69.8 cm³/mol. The zero-order valence-corrected chi connectivity index (χ0v) is 10.1. The van der Waals surface area contributed by atoms with E-state index in [9.17, 15) is 0 Å². The van der Waals surface area contributed by atoms with Crippen LogP contribution < -0.4 is 5.32 Å². The second-order valence-corrected chi connectivity index (χ2v) is 4.10. The summed E-state index contributed by atoms with van der Waals surface area (Å²) in [7, 11) is 0. The predicted octanol–water partition coefficient (Wildman–Crippen LogP) is 2.51. The first-order chi connectivity index (χ1) is 8.35. The molecule has 1 N–H and O–H groups in total. The van der Waals surface area contributed by atoms with Gasteiger partial charge in [-0.05, 0) is 43.1 Å². The number of nitriles is 1. The molecule has 0 aliphatic carbocycles. The third kappa shape index (κ3) is 2.66. The van der Waals surface area contributed by atoms with Crippen molar-refractivity contribution in [2.45, 2.75) is 19.9 Å². The highest BCUT2D eigenvalue weighted by molar-refractivity contribution is 5.81. The fourth-order valence-corrected chi connectivity index (χ4v) is 2.00. The van der Waals surface area contributed by atoms with E-state index in [1.165, 1.54) is 5.39 Å². The largest absolute Gasteiger partial charge is 0.347 e. The number of rotatable bonds is 5. The van der Waals surface area contributed by atoms with Crippen molar-refractivity contribution in [3.63, 3.8) is 0 Å². The average Bonchev–Trinajstić information content (AvgIpc) is 2.77. The monoisotopic (exact) mass is 227 g/mol. The Kier molecular flexibility index (Phi) is 3.79. The van der Waals surface area contributed by atoms with E-state index in [4.69, 9.17) is 5.26 Å². The van der Waals surface area contributed by atoms with Crippen LogP contribution in [0.3, 0.4) is 0 Å². The number of hydrogen-bond donors (Lipinski definition) is 1. The van der Waals surface area contributed by atoms with Gasteiger partial charge in [0, 0.05) is 18.3 Å². The highest BCUT2D eigenvalue weighted by Crippen LogP contribution is 2.17. The molecule has 3 heteroatoms. The maximum Gasteiger partial charge on any atom is 0.0992 e. The number of fused-ring (bicyclic) bond motifs is 1. The van der Waals surface area contributed by atoms with Gasteiger partial charge in [0.1, 0.15) is 0 Å². The topological polar surface area (TPSA) is 40.8 Å². The summed E-state index contributed by atoms with van der Waals surface area (Å²) in [5, 5.41) is 13.4. The molecule has 0 spiro atoms. The molecule has 0 aliphatic heterocycles. The van der Waals surface area contributed by atoms with Gasteiger partial charge < -0.3 is 9.88 Å². The smallest absolute Gasteiger partial charge is 0.0992 e. The fourth-order valence-electron chi connectivity index (χ4n) is 2.00. The van der Waals surface area contributed by atoms with E-state index in [1.807, 2.05) is 18.2 Å². The van der Waals surface area contributed by atoms with Crippen molar-refractivity contribution in [2.24, 2.45) is 0 Å². The van der Waals surface area contributed by atoms with Crippen LogP contribution in [-0.4, -0.2) is 17.7 Å². The number of benzene rings is 1. The quantitative estimate of drug-likeness (QED) is 0.797. The molecule has 0 radical (unpaired) electrons. The summed E-state index contributed by atoms with van der Waals surface area (Å²) in [6.07, 6.45) is 3.20. The van der Waals surface area contributed by atoms with E-state index >= 15 is 0 Å². The van der Waals surface area contributed by atoms with Crippen LogP contribution in [-0.2, 0) is 6.54 Å². The first kappa shape index (κ1) is 11.7. The molecule has 1 heterocycles. The van der Waals surface area contributed by atoms with Crippen LogP contribution in [0.2, 0.25) is 0 Å². The summed E-state index contributed by atoms with van der Waals surface area (Å²) in [5.74, 6) is 0. The molecule has 0 atom stereocenters. The average molecular weight is 227 g/mol. The summed E-state index contributed by atoms with van der Waals surface area (Å²) < 4.78 is 2.22. The van der Waals surface area contributed by atoms with Crippen LogP contribution in [0.5, 0.6) is 0 Å². The van der Waals surface area contributed by atoms with Gasteiger partial charge in [-0.1, -0.05) is 13.0 Å². The first-order valence-electron chi connectivity index (χ1n) is 6.05. The zero-order valence-electron chi connectivity index (χ0n) is 10.1. The minimum atomic E-state index is 0.726.